The van der Waals surface area contributed by atoms with Crippen LogP contribution in [-0.2, 0) is 16.0 Å². The van der Waals surface area contributed by atoms with Crippen molar-refractivity contribution < 1.29 is 9.47 Å². The fraction of sp³-hybridized carbons (Fsp3) is 0.750. The van der Waals surface area contributed by atoms with E-state index >= 15 is 0 Å². The van der Waals surface area contributed by atoms with Gasteiger partial charge < -0.3 is 9.47 Å². The number of aromatic amines is 1. The third-order valence-corrected chi connectivity index (χ3v) is 2.34. The number of hydrogen-bond acceptors (Lipinski definition) is 4. The van der Waals surface area contributed by atoms with Gasteiger partial charge in [-0.05, 0) is 19.1 Å². The van der Waals surface area contributed by atoms with Crippen molar-refractivity contribution in [1.29, 1.82) is 0 Å². The summed E-state index contributed by atoms with van der Waals surface area (Å²) in [5.74, 6) is 0.801. The lowest BCUT2D eigenvalue weighted by atomic mass is 10.4. The van der Waals surface area contributed by atoms with Gasteiger partial charge in [0.05, 0.1) is 13.2 Å². The summed E-state index contributed by atoms with van der Waals surface area (Å²) in [6.07, 6.45) is -0.0696. The van der Waals surface area contributed by atoms with Crippen molar-refractivity contribution in [3.8, 4) is 0 Å². The molecule has 1 N–H and O–H groups in total. The second-order valence-electron chi connectivity index (χ2n) is 2.91. The first-order valence-electron chi connectivity index (χ1n) is 4.37. The maximum Gasteiger partial charge on any atom is 0.195 e. The molecule has 5 nitrogen and oxygen atoms in total. The zero-order valence-electron chi connectivity index (χ0n) is 8.61. The van der Waals surface area contributed by atoms with Crippen molar-refractivity contribution in [2.45, 2.75) is 19.6 Å². The largest absolute Gasteiger partial charge is 0.383 e. The van der Waals surface area contributed by atoms with Crippen LogP contribution >= 0.6 is 12.2 Å². The van der Waals surface area contributed by atoms with Crippen LogP contribution in [0.1, 0.15) is 18.9 Å². The predicted molar refractivity (Wildman–Crippen MR) is 54.7 cm³/mol. The number of H-pyrrole nitrogens is 1. The van der Waals surface area contributed by atoms with E-state index < -0.39 is 0 Å². The topological polar surface area (TPSA) is 52.1 Å². The Morgan fingerprint density at radius 2 is 2.29 bits per heavy atom. The van der Waals surface area contributed by atoms with E-state index in [9.17, 15) is 0 Å². The van der Waals surface area contributed by atoms with E-state index in [2.05, 4.69) is 10.2 Å². The first kappa shape index (κ1) is 11.4. The quantitative estimate of drug-likeness (QED) is 0.755. The molecule has 80 valence electrons. The summed E-state index contributed by atoms with van der Waals surface area (Å²) in [5, 5.41) is 6.85. The van der Waals surface area contributed by atoms with E-state index in [1.807, 2.05) is 11.5 Å². The minimum atomic E-state index is -0.0696. The summed E-state index contributed by atoms with van der Waals surface area (Å²) in [4.78, 5) is 0. The van der Waals surface area contributed by atoms with Gasteiger partial charge in [-0.1, -0.05) is 0 Å². The van der Waals surface area contributed by atoms with Crippen molar-refractivity contribution in [1.82, 2.24) is 14.8 Å². The lowest BCUT2D eigenvalue weighted by molar-refractivity contribution is 0.105. The van der Waals surface area contributed by atoms with Crippen LogP contribution in [0.15, 0.2) is 0 Å². The lowest BCUT2D eigenvalue weighted by Crippen LogP contribution is -2.11. The zero-order chi connectivity index (χ0) is 10.6. The van der Waals surface area contributed by atoms with E-state index in [1.165, 1.54) is 0 Å². The van der Waals surface area contributed by atoms with Crippen molar-refractivity contribution in [2.75, 3.05) is 20.8 Å². The van der Waals surface area contributed by atoms with Crippen molar-refractivity contribution in [3.05, 3.63) is 10.6 Å². The Morgan fingerprint density at radius 3 is 2.86 bits per heavy atom. The van der Waals surface area contributed by atoms with Gasteiger partial charge in [-0.2, -0.15) is 5.10 Å². The molecular formula is C8H15N3O2S. The van der Waals surface area contributed by atoms with E-state index in [0.717, 1.165) is 5.82 Å². The second kappa shape index (κ2) is 5.23. The van der Waals surface area contributed by atoms with Gasteiger partial charge in [-0.25, -0.2) is 0 Å². The highest BCUT2D eigenvalue weighted by molar-refractivity contribution is 7.71. The molecular weight excluding hydrogens is 202 g/mol. The number of nitrogens with one attached hydrogen (secondary N) is 1. The third-order valence-electron chi connectivity index (χ3n) is 2.02. The molecule has 0 radical (unpaired) electrons. The molecule has 0 aliphatic carbocycles. The van der Waals surface area contributed by atoms with Crippen molar-refractivity contribution >= 4 is 12.2 Å². The van der Waals surface area contributed by atoms with Crippen LogP contribution in [0.4, 0.5) is 0 Å². The maximum atomic E-state index is 5.18. The highest BCUT2D eigenvalue weighted by Crippen LogP contribution is 2.12. The van der Waals surface area contributed by atoms with E-state index in [-0.39, 0.29) is 6.10 Å². The summed E-state index contributed by atoms with van der Waals surface area (Å²) in [6.45, 7) is 3.22. The Bertz CT molecular complexity index is 334. The Labute approximate surface area is 88.0 Å². The summed E-state index contributed by atoms with van der Waals surface area (Å²) < 4.78 is 12.6. The third kappa shape index (κ3) is 2.40. The monoisotopic (exact) mass is 217 g/mol. The molecule has 1 heterocycles. The molecule has 1 unspecified atom stereocenters. The highest BCUT2D eigenvalue weighted by Gasteiger charge is 2.12. The van der Waals surface area contributed by atoms with Crippen LogP contribution in [0.5, 0.6) is 0 Å². The SMILES string of the molecule is COCCn1c(C(C)OC)n[nH]c1=S. The molecule has 0 spiro atoms. The molecule has 1 aromatic rings. The average molecular weight is 217 g/mol. The summed E-state index contributed by atoms with van der Waals surface area (Å²) >= 11 is 5.09. The van der Waals surface area contributed by atoms with Gasteiger partial charge in [0.2, 0.25) is 0 Å². The molecule has 6 heteroatoms. The molecule has 0 amide bonds. The molecule has 1 aromatic heterocycles. The Hall–Kier alpha value is -0.720. The molecule has 0 bridgehead atoms. The zero-order valence-corrected chi connectivity index (χ0v) is 9.43. The second-order valence-corrected chi connectivity index (χ2v) is 3.30. The van der Waals surface area contributed by atoms with Crippen LogP contribution in [0.3, 0.4) is 0 Å². The van der Waals surface area contributed by atoms with Crippen molar-refractivity contribution in [2.24, 2.45) is 0 Å². The number of rotatable bonds is 5. The normalized spacial score (nSPS) is 13.1. The van der Waals surface area contributed by atoms with E-state index in [4.69, 9.17) is 21.7 Å². The maximum absolute atomic E-state index is 5.18. The number of aromatic nitrogens is 3. The summed E-state index contributed by atoms with van der Waals surface area (Å²) in [7, 11) is 3.30. The predicted octanol–water partition coefficient (Wildman–Crippen LogP) is 1.29. The molecule has 0 aliphatic heterocycles. The molecule has 0 saturated heterocycles. The first-order valence-corrected chi connectivity index (χ1v) is 4.78. The van der Waals surface area contributed by atoms with Crippen LogP contribution < -0.4 is 0 Å². The lowest BCUT2D eigenvalue weighted by Gasteiger charge is -2.10. The molecule has 1 rings (SSSR count). The number of hydrogen-bond donors (Lipinski definition) is 1. The van der Waals surface area contributed by atoms with Crippen molar-refractivity contribution in [3.63, 3.8) is 0 Å². The summed E-state index contributed by atoms with van der Waals surface area (Å²) in [5.41, 5.74) is 0. The molecule has 1 atom stereocenters. The Balaban J connectivity index is 2.88. The number of methoxy groups -OCH3 is 2. The van der Waals surface area contributed by atoms with E-state index in [0.29, 0.717) is 17.9 Å². The van der Waals surface area contributed by atoms with Gasteiger partial charge in [0, 0.05) is 14.2 Å². The fourth-order valence-electron chi connectivity index (χ4n) is 1.14. The Morgan fingerprint density at radius 1 is 1.57 bits per heavy atom. The van der Waals surface area contributed by atoms with Crippen LogP contribution in [0.2, 0.25) is 0 Å². The molecule has 0 aromatic carbocycles. The average Bonchev–Trinajstić information content (AvgIpc) is 2.56. The minimum absolute atomic E-state index is 0.0696. The van der Waals surface area contributed by atoms with Gasteiger partial charge in [0.25, 0.3) is 0 Å². The number of ether oxygens (including phenoxy) is 2. The van der Waals surface area contributed by atoms with Gasteiger partial charge in [-0.15, -0.1) is 0 Å². The highest BCUT2D eigenvalue weighted by atomic mass is 32.1. The van der Waals surface area contributed by atoms with Gasteiger partial charge in [0.15, 0.2) is 10.6 Å². The first-order chi connectivity index (χ1) is 6.70. The molecule has 0 fully saturated rings. The van der Waals surface area contributed by atoms with Crippen LogP contribution in [0.25, 0.3) is 0 Å². The smallest absolute Gasteiger partial charge is 0.195 e. The van der Waals surface area contributed by atoms with Crippen LogP contribution in [0, 0.1) is 4.77 Å². The van der Waals surface area contributed by atoms with E-state index in [1.54, 1.807) is 14.2 Å². The fourth-order valence-corrected chi connectivity index (χ4v) is 1.37. The molecule has 0 saturated carbocycles. The van der Waals surface area contributed by atoms with Gasteiger partial charge in [0.1, 0.15) is 6.10 Å². The summed E-state index contributed by atoms with van der Waals surface area (Å²) in [6, 6.07) is 0. The Kier molecular flexibility index (Phi) is 4.24. The molecule has 0 aliphatic rings. The standard InChI is InChI=1S/C8H15N3O2S/c1-6(13-3)7-9-10-8(14)11(7)4-5-12-2/h6H,4-5H2,1-3H3,(H,10,14). The van der Waals surface area contributed by atoms with Crippen LogP contribution in [-0.4, -0.2) is 35.6 Å². The minimum Gasteiger partial charge on any atom is -0.383 e. The molecule has 14 heavy (non-hydrogen) atoms. The van der Waals surface area contributed by atoms with Gasteiger partial charge >= 0.3 is 0 Å². The van der Waals surface area contributed by atoms with Gasteiger partial charge in [-0.3, -0.25) is 9.67 Å². The number of nitrogens with zero attached hydrogens (tertiary/aromatic N) is 2.